The molecule has 1 saturated heterocycles. The zero-order chi connectivity index (χ0) is 34.9. The Kier molecular flexibility index (Phi) is 10.1. The van der Waals surface area contributed by atoms with Crippen LogP contribution in [0.2, 0.25) is 0 Å². The highest BCUT2D eigenvalue weighted by Crippen LogP contribution is 2.70. The fourth-order valence-corrected chi connectivity index (χ4v) is 7.98. The normalized spacial score (nSPS) is 30.1. The third-order valence-electron chi connectivity index (χ3n) is 9.42. The first-order valence-electron chi connectivity index (χ1n) is 15.8. The number of aliphatic hydroxyl groups excluding tert-OH is 1. The molecule has 0 bridgehead atoms. The van der Waals surface area contributed by atoms with E-state index in [1.165, 1.54) is 40.0 Å². The fourth-order valence-electron chi connectivity index (χ4n) is 7.31. The number of hydrogen-bond acceptors (Lipinski definition) is 13. The third kappa shape index (κ3) is 5.92. The number of ether oxygens (including phenoxy) is 8. The summed E-state index contributed by atoms with van der Waals surface area (Å²) in [6.45, 7) is 1.77. The van der Waals surface area contributed by atoms with Crippen LogP contribution >= 0.6 is 11.8 Å². The van der Waals surface area contributed by atoms with E-state index in [9.17, 15) is 19.8 Å². The van der Waals surface area contributed by atoms with Crippen LogP contribution in [0.5, 0.6) is 23.0 Å². The standard InChI is InChI=1S/C36H40O12S/c1-20(37)49-16-15-24-19-45-33(44-5)34(46-24)47-25-17-26(42-3)30-27(18-25)48-36(22-11-13-23(41-2)14-12-22)29(21-9-7-6-8-10-21)28(32(39)43-4)31(38)35(30,36)40/h6-14,17-18,24,28-29,31,33-34,38,40H,15-16,19H2,1-5H3/t24-,28+,29+,31+,33+,34?,35-,36-/m0/s1. The van der Waals surface area contributed by atoms with Gasteiger partial charge in [-0.15, -0.1) is 0 Å². The summed E-state index contributed by atoms with van der Waals surface area (Å²) in [5.41, 5.74) is -2.73. The lowest BCUT2D eigenvalue weighted by molar-refractivity contribution is -0.312. The molecule has 2 fully saturated rings. The van der Waals surface area contributed by atoms with Gasteiger partial charge in [-0.05, 0) is 29.7 Å². The van der Waals surface area contributed by atoms with Crippen LogP contribution in [0.1, 0.15) is 36.0 Å². The Labute approximate surface area is 288 Å². The summed E-state index contributed by atoms with van der Waals surface area (Å²) in [6, 6.07) is 19.1. The van der Waals surface area contributed by atoms with Gasteiger partial charge in [0, 0.05) is 37.8 Å². The molecule has 3 aromatic rings. The summed E-state index contributed by atoms with van der Waals surface area (Å²) in [7, 11) is 5.68. The Morgan fingerprint density at radius 3 is 2.33 bits per heavy atom. The second-order valence-corrected chi connectivity index (χ2v) is 13.3. The van der Waals surface area contributed by atoms with Gasteiger partial charge in [-0.1, -0.05) is 54.2 Å². The summed E-state index contributed by atoms with van der Waals surface area (Å²) < 4.78 is 47.2. The predicted octanol–water partition coefficient (Wildman–Crippen LogP) is 3.89. The van der Waals surface area contributed by atoms with Crippen molar-refractivity contribution in [1.29, 1.82) is 0 Å². The van der Waals surface area contributed by atoms with E-state index in [0.29, 0.717) is 29.1 Å². The van der Waals surface area contributed by atoms with E-state index in [-0.39, 0.29) is 40.6 Å². The molecule has 2 heterocycles. The van der Waals surface area contributed by atoms with Crippen molar-refractivity contribution in [2.24, 2.45) is 5.92 Å². The molecule has 49 heavy (non-hydrogen) atoms. The van der Waals surface area contributed by atoms with Crippen LogP contribution in [0.4, 0.5) is 0 Å². The molecule has 8 atom stereocenters. The lowest BCUT2D eigenvalue weighted by atomic mass is 9.70. The maximum atomic E-state index is 13.5. The van der Waals surface area contributed by atoms with Gasteiger partial charge in [0.15, 0.2) is 16.3 Å². The molecule has 0 aromatic heterocycles. The maximum Gasteiger partial charge on any atom is 0.312 e. The van der Waals surface area contributed by atoms with Crippen LogP contribution in [-0.4, -0.2) is 86.9 Å². The quantitative estimate of drug-likeness (QED) is 0.280. The topological polar surface area (TPSA) is 148 Å². The van der Waals surface area contributed by atoms with E-state index in [2.05, 4.69) is 0 Å². The van der Waals surface area contributed by atoms with Crippen LogP contribution in [0, 0.1) is 5.92 Å². The minimum Gasteiger partial charge on any atom is -0.497 e. The average Bonchev–Trinajstić information content (AvgIpc) is 3.49. The number of hydrogen-bond donors (Lipinski definition) is 2. The first-order valence-corrected chi connectivity index (χ1v) is 16.8. The van der Waals surface area contributed by atoms with Gasteiger partial charge in [0.25, 0.3) is 6.29 Å². The van der Waals surface area contributed by atoms with Gasteiger partial charge in [-0.3, -0.25) is 9.59 Å². The Bertz CT molecular complexity index is 1650. The number of thioether (sulfide) groups is 1. The summed E-state index contributed by atoms with van der Waals surface area (Å²) in [5, 5.41) is 25.2. The van der Waals surface area contributed by atoms with Crippen LogP contribution in [0.15, 0.2) is 66.7 Å². The average molecular weight is 697 g/mol. The summed E-state index contributed by atoms with van der Waals surface area (Å²) in [4.78, 5) is 24.9. The fraction of sp³-hybridized carbons (Fsp3) is 0.444. The summed E-state index contributed by atoms with van der Waals surface area (Å²) in [6.07, 6.45) is -3.37. The Hall–Kier alpha value is -3.85. The van der Waals surface area contributed by atoms with Crippen molar-refractivity contribution in [3.05, 3.63) is 83.4 Å². The monoisotopic (exact) mass is 696 g/mol. The van der Waals surface area contributed by atoms with Crippen LogP contribution in [0.3, 0.4) is 0 Å². The van der Waals surface area contributed by atoms with Crippen molar-refractivity contribution >= 4 is 22.8 Å². The van der Waals surface area contributed by atoms with Crippen LogP contribution < -0.4 is 18.9 Å². The van der Waals surface area contributed by atoms with Gasteiger partial charge in [-0.25, -0.2) is 0 Å². The van der Waals surface area contributed by atoms with E-state index < -0.39 is 47.7 Å². The molecule has 1 saturated carbocycles. The molecule has 6 rings (SSSR count). The lowest BCUT2D eigenvalue weighted by Gasteiger charge is -2.40. The number of esters is 1. The molecule has 12 nitrogen and oxygen atoms in total. The highest BCUT2D eigenvalue weighted by Gasteiger charge is 2.78. The summed E-state index contributed by atoms with van der Waals surface area (Å²) in [5.74, 6) is -1.21. The van der Waals surface area contributed by atoms with Gasteiger partial charge < -0.3 is 48.1 Å². The molecule has 2 aliphatic heterocycles. The second kappa shape index (κ2) is 14.2. The molecule has 0 spiro atoms. The van der Waals surface area contributed by atoms with Crippen molar-refractivity contribution in [2.45, 2.75) is 55.3 Å². The van der Waals surface area contributed by atoms with Gasteiger partial charge in [0.2, 0.25) is 6.29 Å². The molecule has 1 unspecified atom stereocenters. The van der Waals surface area contributed by atoms with Crippen molar-refractivity contribution in [2.75, 3.05) is 40.8 Å². The number of benzene rings is 3. The molecular formula is C36H40O12S. The van der Waals surface area contributed by atoms with E-state index >= 15 is 0 Å². The van der Waals surface area contributed by atoms with E-state index in [1.807, 2.05) is 30.3 Å². The Morgan fingerprint density at radius 2 is 1.69 bits per heavy atom. The van der Waals surface area contributed by atoms with Gasteiger partial charge >= 0.3 is 5.97 Å². The molecule has 1 aliphatic carbocycles. The van der Waals surface area contributed by atoms with E-state index in [0.717, 1.165) is 0 Å². The number of carbonyl (C=O) groups is 2. The minimum atomic E-state index is -2.22. The van der Waals surface area contributed by atoms with Crippen molar-refractivity contribution in [3.8, 4) is 23.0 Å². The highest BCUT2D eigenvalue weighted by atomic mass is 32.2. The SMILES string of the molecule is COC(=O)[C@H]1[C@@H](O)[C@@]2(O)c3c(OC)cc(OC4O[C@@H](CCSC(C)=O)CO[C@H]4OC)cc3O[C@@]2(c2ccc(OC)cc2)[C@@H]1c1ccccc1. The second-order valence-electron chi connectivity index (χ2n) is 12.0. The molecule has 0 radical (unpaired) electrons. The Morgan fingerprint density at radius 1 is 0.959 bits per heavy atom. The number of fused-ring (bicyclic) bond motifs is 3. The largest absolute Gasteiger partial charge is 0.497 e. The number of carbonyl (C=O) groups excluding carboxylic acids is 2. The predicted molar refractivity (Wildman–Crippen MR) is 177 cm³/mol. The molecule has 2 N–H and O–H groups in total. The first kappa shape index (κ1) is 35.0. The van der Waals surface area contributed by atoms with Crippen molar-refractivity contribution in [3.63, 3.8) is 0 Å². The number of aliphatic hydroxyl groups is 2. The highest BCUT2D eigenvalue weighted by molar-refractivity contribution is 8.13. The zero-order valence-corrected chi connectivity index (χ0v) is 28.6. The van der Waals surface area contributed by atoms with Gasteiger partial charge in [-0.2, -0.15) is 0 Å². The van der Waals surface area contributed by atoms with Crippen molar-refractivity contribution < 1.29 is 57.7 Å². The number of rotatable bonds is 11. The smallest absolute Gasteiger partial charge is 0.312 e. The Balaban J connectivity index is 1.46. The molecule has 3 aromatic carbocycles. The van der Waals surface area contributed by atoms with Crippen molar-refractivity contribution in [1.82, 2.24) is 0 Å². The molecule has 13 heteroatoms. The molecule has 3 aliphatic rings. The minimum absolute atomic E-state index is 0.0147. The molecule has 0 amide bonds. The third-order valence-corrected chi connectivity index (χ3v) is 10.3. The molecule has 262 valence electrons. The van der Waals surface area contributed by atoms with E-state index in [4.69, 9.17) is 37.9 Å². The summed E-state index contributed by atoms with van der Waals surface area (Å²) >= 11 is 1.20. The van der Waals surface area contributed by atoms with Crippen LogP contribution in [-0.2, 0) is 39.7 Å². The maximum absolute atomic E-state index is 13.5. The first-order chi connectivity index (χ1) is 23.6. The zero-order valence-electron chi connectivity index (χ0n) is 27.8. The van der Waals surface area contributed by atoms with Gasteiger partial charge in [0.1, 0.15) is 29.1 Å². The molecular weight excluding hydrogens is 656 g/mol. The van der Waals surface area contributed by atoms with E-state index in [1.54, 1.807) is 43.5 Å². The van der Waals surface area contributed by atoms with Gasteiger partial charge in [0.05, 0.1) is 45.5 Å². The van der Waals surface area contributed by atoms with Crippen LogP contribution in [0.25, 0.3) is 0 Å². The lowest BCUT2D eigenvalue weighted by Crippen LogP contribution is -2.52. The number of methoxy groups -OCH3 is 4.